The molecule has 4 heteroatoms. The Morgan fingerprint density at radius 2 is 2.33 bits per heavy atom. The lowest BCUT2D eigenvalue weighted by Crippen LogP contribution is -2.44. The van der Waals surface area contributed by atoms with Crippen LogP contribution in [0.25, 0.3) is 0 Å². The molecular formula is C11H22N2O2. The van der Waals surface area contributed by atoms with Crippen molar-refractivity contribution in [2.45, 2.75) is 51.2 Å². The zero-order chi connectivity index (χ0) is 11.5. The van der Waals surface area contributed by atoms with Crippen molar-refractivity contribution >= 4 is 5.91 Å². The number of carbonyl (C=O) groups excluding carboxylic acids is 1. The van der Waals surface area contributed by atoms with Gasteiger partial charge in [0.25, 0.3) is 0 Å². The van der Waals surface area contributed by atoms with Gasteiger partial charge in [0.2, 0.25) is 5.91 Å². The van der Waals surface area contributed by atoms with Crippen LogP contribution in [-0.4, -0.2) is 40.6 Å². The van der Waals surface area contributed by atoms with Gasteiger partial charge in [-0.25, -0.2) is 0 Å². The predicted molar refractivity (Wildman–Crippen MR) is 59.3 cm³/mol. The second kappa shape index (κ2) is 4.94. The van der Waals surface area contributed by atoms with E-state index in [1.807, 2.05) is 0 Å². The standard InChI is InChI=1S/C11H22N2O2/c1-3-4-5-9(12)10(14)13-7-6-11(2,15)8-13/h9,15H,3-8,12H2,1-2H3/t9-,11?/m0/s1. The number of aliphatic hydroxyl groups is 1. The number of carbonyl (C=O) groups is 1. The maximum Gasteiger partial charge on any atom is 0.239 e. The highest BCUT2D eigenvalue weighted by molar-refractivity contribution is 5.82. The number of nitrogens with zero attached hydrogens (tertiary/aromatic N) is 1. The minimum Gasteiger partial charge on any atom is -0.388 e. The van der Waals surface area contributed by atoms with Gasteiger partial charge in [-0.3, -0.25) is 4.79 Å². The zero-order valence-corrected chi connectivity index (χ0v) is 9.70. The highest BCUT2D eigenvalue weighted by Crippen LogP contribution is 2.21. The normalized spacial score (nSPS) is 28.1. The number of amides is 1. The van der Waals surface area contributed by atoms with E-state index in [0.717, 1.165) is 19.3 Å². The quantitative estimate of drug-likeness (QED) is 0.715. The predicted octanol–water partition coefficient (Wildman–Crippen LogP) is 0.487. The molecule has 1 amide bonds. The van der Waals surface area contributed by atoms with Gasteiger partial charge in [-0.15, -0.1) is 0 Å². The molecule has 0 aliphatic carbocycles. The number of β-amino-alcohol motifs (C(OH)–C–C–N with tert-alkyl or cyclic N) is 1. The summed E-state index contributed by atoms with van der Waals surface area (Å²) in [5, 5.41) is 9.74. The van der Waals surface area contributed by atoms with Crippen molar-refractivity contribution in [2.24, 2.45) is 5.73 Å². The largest absolute Gasteiger partial charge is 0.388 e. The number of hydrogen-bond acceptors (Lipinski definition) is 3. The Morgan fingerprint density at radius 1 is 1.67 bits per heavy atom. The molecule has 1 unspecified atom stereocenters. The summed E-state index contributed by atoms with van der Waals surface area (Å²) in [7, 11) is 0. The molecule has 0 bridgehead atoms. The van der Waals surface area contributed by atoms with E-state index in [4.69, 9.17) is 5.73 Å². The number of rotatable bonds is 4. The lowest BCUT2D eigenvalue weighted by molar-refractivity contribution is -0.132. The lowest BCUT2D eigenvalue weighted by Gasteiger charge is -2.22. The first-order valence-corrected chi connectivity index (χ1v) is 5.73. The second-order valence-corrected chi connectivity index (χ2v) is 4.76. The lowest BCUT2D eigenvalue weighted by atomic mass is 10.1. The van der Waals surface area contributed by atoms with Crippen LogP contribution in [0.2, 0.25) is 0 Å². The molecule has 0 aromatic heterocycles. The first-order valence-electron chi connectivity index (χ1n) is 5.73. The van der Waals surface area contributed by atoms with E-state index in [-0.39, 0.29) is 11.9 Å². The topological polar surface area (TPSA) is 66.6 Å². The average molecular weight is 214 g/mol. The van der Waals surface area contributed by atoms with Gasteiger partial charge in [-0.1, -0.05) is 19.8 Å². The van der Waals surface area contributed by atoms with Crippen molar-refractivity contribution in [2.75, 3.05) is 13.1 Å². The van der Waals surface area contributed by atoms with Crippen LogP contribution in [0.4, 0.5) is 0 Å². The van der Waals surface area contributed by atoms with Crippen molar-refractivity contribution in [3.63, 3.8) is 0 Å². The first-order chi connectivity index (χ1) is 6.96. The van der Waals surface area contributed by atoms with Gasteiger partial charge in [0.05, 0.1) is 11.6 Å². The van der Waals surface area contributed by atoms with Gasteiger partial charge in [0.15, 0.2) is 0 Å². The molecule has 1 rings (SSSR count). The van der Waals surface area contributed by atoms with Crippen molar-refractivity contribution < 1.29 is 9.90 Å². The summed E-state index contributed by atoms with van der Waals surface area (Å²) in [6, 6.07) is -0.390. The summed E-state index contributed by atoms with van der Waals surface area (Å²) in [6.45, 7) is 4.90. The zero-order valence-electron chi connectivity index (χ0n) is 9.70. The molecule has 88 valence electrons. The van der Waals surface area contributed by atoms with Crippen LogP contribution in [0.15, 0.2) is 0 Å². The van der Waals surface area contributed by atoms with Crippen LogP contribution in [0.1, 0.15) is 39.5 Å². The molecule has 0 saturated carbocycles. The fraction of sp³-hybridized carbons (Fsp3) is 0.909. The van der Waals surface area contributed by atoms with E-state index in [0.29, 0.717) is 19.5 Å². The highest BCUT2D eigenvalue weighted by atomic mass is 16.3. The van der Waals surface area contributed by atoms with E-state index in [9.17, 15) is 9.90 Å². The smallest absolute Gasteiger partial charge is 0.239 e. The molecule has 1 fully saturated rings. The fourth-order valence-electron chi connectivity index (χ4n) is 1.92. The monoisotopic (exact) mass is 214 g/mol. The summed E-state index contributed by atoms with van der Waals surface area (Å²) in [5.41, 5.74) is 5.08. The van der Waals surface area contributed by atoms with E-state index < -0.39 is 5.60 Å². The summed E-state index contributed by atoms with van der Waals surface area (Å²) in [6.07, 6.45) is 3.43. The van der Waals surface area contributed by atoms with Gasteiger partial charge >= 0.3 is 0 Å². The Kier molecular flexibility index (Phi) is 4.11. The van der Waals surface area contributed by atoms with E-state index in [2.05, 4.69) is 6.92 Å². The Bertz CT molecular complexity index is 229. The number of unbranched alkanes of at least 4 members (excludes halogenated alkanes) is 1. The summed E-state index contributed by atoms with van der Waals surface area (Å²) < 4.78 is 0. The van der Waals surface area contributed by atoms with E-state index >= 15 is 0 Å². The molecule has 0 spiro atoms. The summed E-state index contributed by atoms with van der Waals surface area (Å²) >= 11 is 0. The minimum absolute atomic E-state index is 0.0128. The SMILES string of the molecule is CCCC[C@H](N)C(=O)N1CCC(C)(O)C1. The second-order valence-electron chi connectivity index (χ2n) is 4.76. The molecule has 0 aromatic rings. The van der Waals surface area contributed by atoms with Crippen LogP contribution in [0, 0.1) is 0 Å². The highest BCUT2D eigenvalue weighted by Gasteiger charge is 2.35. The van der Waals surface area contributed by atoms with Gasteiger partial charge in [-0.2, -0.15) is 0 Å². The maximum atomic E-state index is 11.8. The van der Waals surface area contributed by atoms with Crippen LogP contribution in [-0.2, 0) is 4.79 Å². The van der Waals surface area contributed by atoms with Gasteiger partial charge in [0, 0.05) is 13.1 Å². The molecule has 0 radical (unpaired) electrons. The molecule has 0 aromatic carbocycles. The molecule has 1 heterocycles. The third kappa shape index (κ3) is 3.47. The van der Waals surface area contributed by atoms with Crippen LogP contribution in [0.3, 0.4) is 0 Å². The van der Waals surface area contributed by atoms with Crippen LogP contribution in [0.5, 0.6) is 0 Å². The number of nitrogens with two attached hydrogens (primary N) is 1. The fourth-order valence-corrected chi connectivity index (χ4v) is 1.92. The molecule has 2 atom stereocenters. The van der Waals surface area contributed by atoms with Gasteiger partial charge in [0.1, 0.15) is 0 Å². The Balaban J connectivity index is 2.41. The van der Waals surface area contributed by atoms with Crippen molar-refractivity contribution in [1.29, 1.82) is 0 Å². The molecule has 1 aliphatic rings. The van der Waals surface area contributed by atoms with E-state index in [1.165, 1.54) is 0 Å². The summed E-state index contributed by atoms with van der Waals surface area (Å²) in [5.74, 6) is -0.0128. The molecule has 1 saturated heterocycles. The third-order valence-electron chi connectivity index (χ3n) is 2.95. The maximum absolute atomic E-state index is 11.8. The molecular weight excluding hydrogens is 192 g/mol. The Hall–Kier alpha value is -0.610. The van der Waals surface area contributed by atoms with Crippen molar-refractivity contribution in [3.05, 3.63) is 0 Å². The minimum atomic E-state index is -0.722. The first kappa shape index (κ1) is 12.5. The van der Waals surface area contributed by atoms with E-state index in [1.54, 1.807) is 11.8 Å². The van der Waals surface area contributed by atoms with Crippen LogP contribution >= 0.6 is 0 Å². The molecule has 1 aliphatic heterocycles. The summed E-state index contributed by atoms with van der Waals surface area (Å²) in [4.78, 5) is 13.5. The Labute approximate surface area is 91.4 Å². The number of likely N-dealkylation sites (tertiary alicyclic amines) is 1. The Morgan fingerprint density at radius 3 is 2.80 bits per heavy atom. The molecule has 3 N–H and O–H groups in total. The molecule has 4 nitrogen and oxygen atoms in total. The van der Waals surface area contributed by atoms with Gasteiger partial charge in [-0.05, 0) is 19.8 Å². The third-order valence-corrected chi connectivity index (χ3v) is 2.95. The van der Waals surface area contributed by atoms with Gasteiger partial charge < -0.3 is 15.7 Å². The molecule has 15 heavy (non-hydrogen) atoms. The average Bonchev–Trinajstić information content (AvgIpc) is 2.54. The van der Waals surface area contributed by atoms with Crippen molar-refractivity contribution in [1.82, 2.24) is 4.90 Å². The number of hydrogen-bond donors (Lipinski definition) is 2. The van der Waals surface area contributed by atoms with Crippen molar-refractivity contribution in [3.8, 4) is 0 Å². The van der Waals surface area contributed by atoms with Crippen LogP contribution < -0.4 is 5.73 Å².